The van der Waals surface area contributed by atoms with E-state index in [0.29, 0.717) is 69.3 Å². The van der Waals surface area contributed by atoms with Crippen molar-refractivity contribution in [1.82, 2.24) is 15.0 Å². The first kappa shape index (κ1) is 32.5. The van der Waals surface area contributed by atoms with Crippen molar-refractivity contribution in [2.45, 2.75) is 53.0 Å². The van der Waals surface area contributed by atoms with Crippen LogP contribution in [0.4, 0.5) is 0 Å². The normalized spacial score (nSPS) is 22.4. The molecule has 0 spiro atoms. The van der Waals surface area contributed by atoms with Gasteiger partial charge < -0.3 is 30.1 Å². The summed E-state index contributed by atoms with van der Waals surface area (Å²) in [6, 6.07) is -0.553. The number of ketones is 1. The fraction of sp³-hybridized carbons (Fsp3) is 0.343. The van der Waals surface area contributed by atoms with E-state index in [0.717, 1.165) is 34.4 Å². The van der Waals surface area contributed by atoms with Gasteiger partial charge in [0.05, 0.1) is 7.11 Å². The van der Waals surface area contributed by atoms with Crippen molar-refractivity contribution in [3.63, 3.8) is 0 Å². The Balaban J connectivity index is 0.00000400. The molecule has 2 aliphatic heterocycles. The van der Waals surface area contributed by atoms with Crippen molar-refractivity contribution in [1.29, 1.82) is 0 Å². The van der Waals surface area contributed by atoms with E-state index in [-0.39, 0.29) is 47.1 Å². The summed E-state index contributed by atoms with van der Waals surface area (Å²) in [6.45, 7) is 11.9. The predicted molar refractivity (Wildman–Crippen MR) is 174 cm³/mol. The maximum Gasteiger partial charge on any atom is 2.00 e. The number of nitrogens with one attached hydrogen (secondary N) is 1. The molecule has 3 atom stereocenters. The number of aromatic nitrogens is 3. The number of aliphatic hydroxyl groups excluding tert-OH is 1. The van der Waals surface area contributed by atoms with Gasteiger partial charge in [0.1, 0.15) is 5.57 Å². The number of ether oxygens (including phenoxy) is 1. The maximum absolute atomic E-state index is 14.0. The van der Waals surface area contributed by atoms with Crippen LogP contribution >= 0.6 is 0 Å². The number of esters is 1. The molecule has 45 heavy (non-hydrogen) atoms. The average Bonchev–Trinajstić information content (AvgIpc) is 3.76. The van der Waals surface area contributed by atoms with Gasteiger partial charge in [-0.1, -0.05) is 67.5 Å². The molecule has 1 aliphatic carbocycles. The second kappa shape index (κ2) is 12.5. The van der Waals surface area contributed by atoms with Gasteiger partial charge in [0.15, 0.2) is 12.1 Å². The van der Waals surface area contributed by atoms with Crippen LogP contribution in [0, 0.1) is 25.7 Å². The van der Waals surface area contributed by atoms with Crippen molar-refractivity contribution < 1.29 is 24.2 Å². The molecular weight excluding hydrogens is 581 g/mol. The van der Waals surface area contributed by atoms with Gasteiger partial charge in [-0.05, 0) is 56.1 Å². The van der Waals surface area contributed by atoms with E-state index in [1.165, 1.54) is 7.11 Å². The quantitative estimate of drug-likeness (QED) is 0.180. The molecule has 228 valence electrons. The zero-order valence-corrected chi connectivity index (χ0v) is 27.7. The number of carbonyl (C=O) groups excluding carboxylic acids is 3. The smallest absolute Gasteiger partial charge is 0.681 e. The molecule has 0 aromatic carbocycles. The van der Waals surface area contributed by atoms with Gasteiger partial charge >= 0.3 is 29.0 Å². The van der Waals surface area contributed by atoms with Gasteiger partial charge in [-0.2, -0.15) is 5.70 Å². The van der Waals surface area contributed by atoms with Crippen molar-refractivity contribution >= 4 is 71.0 Å². The Hall–Kier alpha value is -3.86. The number of aliphatic hydroxyl groups is 1. The van der Waals surface area contributed by atoms with Gasteiger partial charge in [-0.3, -0.25) is 9.59 Å². The van der Waals surface area contributed by atoms with Gasteiger partial charge in [-0.25, -0.2) is 4.79 Å². The maximum atomic E-state index is 14.0. The summed E-state index contributed by atoms with van der Waals surface area (Å²) >= 11 is 0. The van der Waals surface area contributed by atoms with E-state index in [1.54, 1.807) is 6.08 Å². The first-order chi connectivity index (χ1) is 21.2. The zero-order valence-electron chi connectivity index (χ0n) is 26.3. The Kier molecular flexibility index (Phi) is 9.03. The molecule has 1 saturated heterocycles. The third-order valence-electron chi connectivity index (χ3n) is 9.43. The standard InChI is InChI=1S/C35H37N4O5.Mg/c1-7-19-16(3)23-12-24-17(4)21(10-9-11-40)32(38-24)30-31(35(43)44-6)34(42)29-18(5)25(39-33(29)30)13-27-20(8-2)22(15-41)28(37-27)14-26(19)36-23;/h7,12-15,17,21,32,40H,1,8-11H2,2-6H3,(H3-,36,37,38,39,41,42,43);/q-1;+2/p-2/t17-,21-,32?;/m0./s1. The number of aromatic amines is 1. The first-order valence-corrected chi connectivity index (χ1v) is 15.0. The average molecular weight is 616 g/mol. The number of Topliss-reactive ketones (excluding diaryl/α,β-unsaturated/α-hetero) is 1. The van der Waals surface area contributed by atoms with Crippen molar-refractivity contribution in [2.24, 2.45) is 11.8 Å². The van der Waals surface area contributed by atoms with Crippen LogP contribution in [0.2, 0.25) is 0 Å². The van der Waals surface area contributed by atoms with Crippen molar-refractivity contribution in [2.75, 3.05) is 13.7 Å². The minimum absolute atomic E-state index is 0. The van der Waals surface area contributed by atoms with Crippen molar-refractivity contribution in [3.8, 4) is 0 Å². The van der Waals surface area contributed by atoms with Crippen LogP contribution in [-0.4, -0.2) is 70.9 Å². The number of allylic oxidation sites excluding steroid dienone is 1. The number of hydrogen-bond donors (Lipinski definition) is 2. The molecule has 9 nitrogen and oxygen atoms in total. The van der Waals surface area contributed by atoms with Crippen molar-refractivity contribution in [3.05, 3.63) is 90.0 Å². The minimum Gasteiger partial charge on any atom is -0.681 e. The van der Waals surface area contributed by atoms with E-state index >= 15 is 0 Å². The Morgan fingerprint density at radius 1 is 1.09 bits per heavy atom. The molecule has 0 amide bonds. The number of methoxy groups -OCH3 is 1. The molecular formula is C35H35MgN4O5-. The summed E-state index contributed by atoms with van der Waals surface area (Å²) in [5, 5.41) is 16.2. The number of nitrogens with zero attached hydrogens (tertiary/aromatic N) is 3. The number of hydrogen-bond acceptors (Lipinski definition) is 5. The zero-order chi connectivity index (χ0) is 31.4. The molecule has 2 N–H and O–H groups in total. The van der Waals surface area contributed by atoms with E-state index < -0.39 is 17.8 Å². The molecule has 1 unspecified atom stereocenters. The SMILES string of the molecule is C=Cc1c2[n-]c(c1C)/C=C1\[N-]C(C3=C(C(=O)OC)C(=O)c4c3[n-]c(c4C)/C=c3\[nH]/c(c(C=O)c3CC)=C\2)[C@@H](CCCO)[C@@H]1C.[Mg+2]. The topological polar surface area (TPSA) is 139 Å². The van der Waals surface area contributed by atoms with Crippen LogP contribution in [0.5, 0.6) is 0 Å². The van der Waals surface area contributed by atoms with E-state index in [4.69, 9.17) is 20.0 Å². The predicted octanol–water partition coefficient (Wildman–Crippen LogP) is 3.10. The number of fused-ring (bicyclic) bond motifs is 8. The molecule has 3 aliphatic rings. The first-order valence-electron chi connectivity index (χ1n) is 15.0. The van der Waals surface area contributed by atoms with Crippen LogP contribution < -0.4 is 20.7 Å². The Morgan fingerprint density at radius 3 is 2.44 bits per heavy atom. The Bertz CT molecular complexity index is 1940. The van der Waals surface area contributed by atoms with Crippen LogP contribution in [0.15, 0.2) is 17.8 Å². The second-order valence-electron chi connectivity index (χ2n) is 11.6. The second-order valence-corrected chi connectivity index (χ2v) is 11.6. The summed E-state index contributed by atoms with van der Waals surface area (Å²) in [7, 11) is 1.26. The summed E-state index contributed by atoms with van der Waals surface area (Å²) in [6.07, 6.45) is 10.1. The third kappa shape index (κ3) is 4.99. The summed E-state index contributed by atoms with van der Waals surface area (Å²) in [5.41, 5.74) is 7.78. The molecule has 5 heterocycles. The number of aldehydes is 1. The summed E-state index contributed by atoms with van der Waals surface area (Å²) in [4.78, 5) is 52.8. The van der Waals surface area contributed by atoms with Gasteiger partial charge in [-0.15, -0.1) is 22.8 Å². The largest absolute Gasteiger partial charge is 2.00 e. The van der Waals surface area contributed by atoms with Crippen LogP contribution in [0.1, 0.15) is 92.4 Å². The number of carbonyl (C=O) groups is 3. The molecule has 3 aromatic rings. The van der Waals surface area contributed by atoms with Crippen LogP contribution in [0.3, 0.4) is 0 Å². The molecule has 6 rings (SSSR count). The molecule has 1 fully saturated rings. The number of H-pyrrole nitrogens is 1. The van der Waals surface area contributed by atoms with Crippen LogP contribution in [-0.2, 0) is 16.0 Å². The van der Waals surface area contributed by atoms with E-state index in [1.807, 2.05) is 39.0 Å². The monoisotopic (exact) mass is 615 g/mol. The van der Waals surface area contributed by atoms with Gasteiger partial charge in [0.2, 0.25) is 0 Å². The van der Waals surface area contributed by atoms with E-state index in [2.05, 4.69) is 18.5 Å². The van der Waals surface area contributed by atoms with Gasteiger partial charge in [0, 0.05) is 28.4 Å². The summed E-state index contributed by atoms with van der Waals surface area (Å²) < 4.78 is 5.11. The molecule has 3 aromatic heterocycles. The fourth-order valence-electron chi connectivity index (χ4n) is 7.06. The molecule has 8 bridgehead atoms. The fourth-order valence-corrected chi connectivity index (χ4v) is 7.06. The van der Waals surface area contributed by atoms with Gasteiger partial charge in [0.25, 0.3) is 0 Å². The van der Waals surface area contributed by atoms with E-state index in [9.17, 15) is 19.5 Å². The van der Waals surface area contributed by atoms with Crippen LogP contribution in [0.25, 0.3) is 35.2 Å². The molecule has 0 saturated carbocycles. The molecule has 0 radical (unpaired) electrons. The third-order valence-corrected chi connectivity index (χ3v) is 9.43. The summed E-state index contributed by atoms with van der Waals surface area (Å²) in [5.74, 6) is -1.31. The molecule has 10 heteroatoms. The number of rotatable bonds is 7. The Morgan fingerprint density at radius 2 is 1.80 bits per heavy atom. The minimum atomic E-state index is -0.717. The Labute approximate surface area is 277 Å².